The first-order chi connectivity index (χ1) is 5.15. The summed E-state index contributed by atoms with van der Waals surface area (Å²) >= 11 is 5.80. The molecule has 0 aliphatic rings. The number of rotatable bonds is 1. The van der Waals surface area contributed by atoms with Crippen LogP contribution in [0.1, 0.15) is 18.1 Å². The van der Waals surface area contributed by atoms with Crippen LogP contribution in [0.2, 0.25) is 5.02 Å². The molecule has 0 aromatic heterocycles. The SMILES string of the molecule is CCc1cc(Cl)c(C)cc1F. The molecule has 0 bridgehead atoms. The summed E-state index contributed by atoms with van der Waals surface area (Å²) in [5, 5.41) is 0.642. The van der Waals surface area contributed by atoms with E-state index in [2.05, 4.69) is 0 Å². The van der Waals surface area contributed by atoms with E-state index in [0.717, 1.165) is 5.56 Å². The molecule has 0 amide bonds. The number of halogens is 2. The zero-order chi connectivity index (χ0) is 8.43. The van der Waals surface area contributed by atoms with Crippen molar-refractivity contribution in [3.8, 4) is 0 Å². The Labute approximate surface area is 71.0 Å². The molecule has 0 fully saturated rings. The van der Waals surface area contributed by atoms with Gasteiger partial charge in [0.1, 0.15) is 5.82 Å². The van der Waals surface area contributed by atoms with Gasteiger partial charge in [-0.3, -0.25) is 0 Å². The van der Waals surface area contributed by atoms with Crippen molar-refractivity contribution >= 4 is 11.6 Å². The Bertz CT molecular complexity index is 269. The minimum atomic E-state index is -0.158. The van der Waals surface area contributed by atoms with Crippen molar-refractivity contribution in [3.05, 3.63) is 34.1 Å². The maximum atomic E-state index is 13.0. The highest BCUT2D eigenvalue weighted by Gasteiger charge is 2.02. The van der Waals surface area contributed by atoms with Crippen LogP contribution in [0, 0.1) is 12.7 Å². The predicted octanol–water partition coefficient (Wildman–Crippen LogP) is 3.35. The lowest BCUT2D eigenvalue weighted by Crippen LogP contribution is -1.89. The molecule has 0 heterocycles. The number of benzene rings is 1. The van der Waals surface area contributed by atoms with Crippen LogP contribution in [0.4, 0.5) is 4.39 Å². The van der Waals surface area contributed by atoms with Crippen LogP contribution >= 0.6 is 11.6 Å². The largest absolute Gasteiger partial charge is 0.207 e. The van der Waals surface area contributed by atoms with E-state index in [9.17, 15) is 4.39 Å². The first-order valence-corrected chi connectivity index (χ1v) is 3.97. The standard InChI is InChI=1S/C9H10ClF/c1-3-7-5-8(10)6(2)4-9(7)11/h4-5H,3H2,1-2H3. The molecular formula is C9H10ClF. The second-order valence-corrected chi connectivity index (χ2v) is 2.95. The topological polar surface area (TPSA) is 0 Å². The van der Waals surface area contributed by atoms with E-state index in [1.54, 1.807) is 13.0 Å². The summed E-state index contributed by atoms with van der Waals surface area (Å²) in [6, 6.07) is 3.16. The van der Waals surface area contributed by atoms with Crippen LogP contribution in [0.15, 0.2) is 12.1 Å². The van der Waals surface area contributed by atoms with Gasteiger partial charge in [-0.25, -0.2) is 4.39 Å². The molecule has 1 aromatic rings. The molecule has 11 heavy (non-hydrogen) atoms. The van der Waals surface area contributed by atoms with Gasteiger partial charge in [-0.2, -0.15) is 0 Å². The summed E-state index contributed by atoms with van der Waals surface area (Å²) < 4.78 is 13.0. The summed E-state index contributed by atoms with van der Waals surface area (Å²) in [7, 11) is 0. The van der Waals surface area contributed by atoms with Gasteiger partial charge in [0.05, 0.1) is 0 Å². The summed E-state index contributed by atoms with van der Waals surface area (Å²) in [5.74, 6) is -0.158. The average molecular weight is 173 g/mol. The fourth-order valence-corrected chi connectivity index (χ4v) is 1.14. The van der Waals surface area contributed by atoms with Crippen LogP contribution in [0.3, 0.4) is 0 Å². The zero-order valence-electron chi connectivity index (χ0n) is 6.62. The van der Waals surface area contributed by atoms with E-state index in [4.69, 9.17) is 11.6 Å². The quantitative estimate of drug-likeness (QED) is 0.610. The molecule has 1 rings (SSSR count). The lowest BCUT2D eigenvalue weighted by Gasteiger charge is -2.02. The van der Waals surface area contributed by atoms with Crippen LogP contribution in [-0.4, -0.2) is 0 Å². The highest BCUT2D eigenvalue weighted by atomic mass is 35.5. The van der Waals surface area contributed by atoms with Gasteiger partial charge in [0.2, 0.25) is 0 Å². The monoisotopic (exact) mass is 172 g/mol. The molecule has 0 radical (unpaired) electrons. The minimum absolute atomic E-state index is 0.158. The van der Waals surface area contributed by atoms with Gasteiger partial charge in [-0.1, -0.05) is 18.5 Å². The van der Waals surface area contributed by atoms with Crippen LogP contribution in [0.25, 0.3) is 0 Å². The maximum Gasteiger partial charge on any atom is 0.126 e. The van der Waals surface area contributed by atoms with E-state index in [0.29, 0.717) is 17.0 Å². The van der Waals surface area contributed by atoms with Gasteiger partial charge in [0.15, 0.2) is 0 Å². The average Bonchev–Trinajstić information content (AvgIpc) is 1.97. The smallest absolute Gasteiger partial charge is 0.126 e. The lowest BCUT2D eigenvalue weighted by atomic mass is 10.1. The molecule has 2 heteroatoms. The Kier molecular flexibility index (Phi) is 2.50. The lowest BCUT2D eigenvalue weighted by molar-refractivity contribution is 0.611. The first-order valence-electron chi connectivity index (χ1n) is 3.59. The third kappa shape index (κ3) is 1.72. The maximum absolute atomic E-state index is 13.0. The minimum Gasteiger partial charge on any atom is -0.207 e. The number of hydrogen-bond acceptors (Lipinski definition) is 0. The molecular weight excluding hydrogens is 163 g/mol. The van der Waals surface area contributed by atoms with Gasteiger partial charge >= 0.3 is 0 Å². The second kappa shape index (κ2) is 3.22. The number of aryl methyl sites for hydroxylation is 2. The van der Waals surface area contributed by atoms with Crippen LogP contribution < -0.4 is 0 Å². The summed E-state index contributed by atoms with van der Waals surface area (Å²) in [4.78, 5) is 0. The second-order valence-electron chi connectivity index (χ2n) is 2.55. The predicted molar refractivity (Wildman–Crippen MR) is 45.5 cm³/mol. The van der Waals surface area contributed by atoms with Crippen molar-refractivity contribution in [1.29, 1.82) is 0 Å². The van der Waals surface area contributed by atoms with Gasteiger partial charge in [-0.05, 0) is 36.6 Å². The highest BCUT2D eigenvalue weighted by Crippen LogP contribution is 2.19. The summed E-state index contributed by atoms with van der Waals surface area (Å²) in [5.41, 5.74) is 1.47. The molecule has 0 unspecified atom stereocenters. The molecule has 60 valence electrons. The molecule has 0 aliphatic heterocycles. The van der Waals surface area contributed by atoms with Crippen LogP contribution in [0.5, 0.6) is 0 Å². The van der Waals surface area contributed by atoms with Crippen molar-refractivity contribution in [3.63, 3.8) is 0 Å². The fourth-order valence-electron chi connectivity index (χ4n) is 0.958. The zero-order valence-corrected chi connectivity index (χ0v) is 7.37. The summed E-state index contributed by atoms with van der Waals surface area (Å²) in [6.07, 6.45) is 0.686. The van der Waals surface area contributed by atoms with Crippen molar-refractivity contribution in [2.75, 3.05) is 0 Å². The fraction of sp³-hybridized carbons (Fsp3) is 0.333. The van der Waals surface area contributed by atoms with E-state index in [1.807, 2.05) is 6.92 Å². The van der Waals surface area contributed by atoms with Crippen molar-refractivity contribution in [2.24, 2.45) is 0 Å². The normalized spacial score (nSPS) is 10.2. The molecule has 0 saturated carbocycles. The van der Waals surface area contributed by atoms with E-state index in [1.165, 1.54) is 6.07 Å². The Hall–Kier alpha value is -0.560. The van der Waals surface area contributed by atoms with E-state index >= 15 is 0 Å². The molecule has 0 N–H and O–H groups in total. The van der Waals surface area contributed by atoms with Gasteiger partial charge in [0, 0.05) is 5.02 Å². The third-order valence-electron chi connectivity index (χ3n) is 1.71. The molecule has 0 aliphatic carbocycles. The molecule has 0 nitrogen and oxygen atoms in total. The van der Waals surface area contributed by atoms with Gasteiger partial charge in [0.25, 0.3) is 0 Å². The van der Waals surface area contributed by atoms with E-state index in [-0.39, 0.29) is 5.82 Å². The Morgan fingerprint density at radius 3 is 2.64 bits per heavy atom. The molecule has 1 aromatic carbocycles. The highest BCUT2D eigenvalue weighted by molar-refractivity contribution is 6.31. The Morgan fingerprint density at radius 1 is 1.45 bits per heavy atom. The Balaban J connectivity index is 3.21. The van der Waals surface area contributed by atoms with E-state index < -0.39 is 0 Å². The first kappa shape index (κ1) is 8.54. The molecule has 0 spiro atoms. The Morgan fingerprint density at radius 2 is 2.09 bits per heavy atom. The van der Waals surface area contributed by atoms with Crippen molar-refractivity contribution in [1.82, 2.24) is 0 Å². The van der Waals surface area contributed by atoms with Crippen molar-refractivity contribution < 1.29 is 4.39 Å². The number of hydrogen-bond donors (Lipinski definition) is 0. The van der Waals surface area contributed by atoms with Gasteiger partial charge in [-0.15, -0.1) is 0 Å². The van der Waals surface area contributed by atoms with Crippen LogP contribution in [-0.2, 0) is 6.42 Å². The summed E-state index contributed by atoms with van der Waals surface area (Å²) in [6.45, 7) is 3.70. The van der Waals surface area contributed by atoms with Crippen molar-refractivity contribution in [2.45, 2.75) is 20.3 Å². The van der Waals surface area contributed by atoms with Gasteiger partial charge < -0.3 is 0 Å². The third-order valence-corrected chi connectivity index (χ3v) is 2.12. The molecule has 0 atom stereocenters. The molecule has 0 saturated heterocycles.